The SMILES string of the molecule is CC1=CC(=O)C2=C(C[C@@H]3C(=CC[C@@H]4C(=O)N(C5CCCCC5)C(=O)[C@@H]43)[C@@H]2c2cc(OC(F)(F)F)ccc2O)C1=O. The minimum atomic E-state index is -4.99. The van der Waals surface area contributed by atoms with E-state index in [9.17, 15) is 37.5 Å². The van der Waals surface area contributed by atoms with Gasteiger partial charge in [0.25, 0.3) is 0 Å². The molecule has 2 fully saturated rings. The van der Waals surface area contributed by atoms with Gasteiger partial charge in [0.2, 0.25) is 11.8 Å². The summed E-state index contributed by atoms with van der Waals surface area (Å²) >= 11 is 0. The number of alkyl halides is 3. The van der Waals surface area contributed by atoms with Crippen LogP contribution >= 0.6 is 0 Å². The molecule has 210 valence electrons. The summed E-state index contributed by atoms with van der Waals surface area (Å²) in [5.74, 6) is -5.39. The first-order chi connectivity index (χ1) is 19.0. The van der Waals surface area contributed by atoms with Crippen LogP contribution < -0.4 is 4.74 Å². The van der Waals surface area contributed by atoms with Crippen LogP contribution in [0.4, 0.5) is 13.2 Å². The second kappa shape index (κ2) is 9.45. The van der Waals surface area contributed by atoms with Gasteiger partial charge in [-0.15, -0.1) is 13.2 Å². The van der Waals surface area contributed by atoms with E-state index in [0.29, 0.717) is 5.57 Å². The zero-order chi connectivity index (χ0) is 28.5. The van der Waals surface area contributed by atoms with Crippen molar-refractivity contribution in [1.82, 2.24) is 4.90 Å². The third-order valence-corrected chi connectivity index (χ3v) is 9.08. The normalized spacial score (nSPS) is 29.1. The summed E-state index contributed by atoms with van der Waals surface area (Å²) in [7, 11) is 0. The first kappa shape index (κ1) is 26.5. The molecule has 5 aliphatic rings. The number of phenols is 1. The van der Waals surface area contributed by atoms with E-state index in [1.807, 2.05) is 0 Å². The van der Waals surface area contributed by atoms with E-state index in [1.165, 1.54) is 17.9 Å². The van der Waals surface area contributed by atoms with Gasteiger partial charge in [0, 0.05) is 34.2 Å². The van der Waals surface area contributed by atoms with Crippen molar-refractivity contribution in [2.75, 3.05) is 0 Å². The molecule has 4 aliphatic carbocycles. The number of benzene rings is 1. The molecular formula is C30H28F3NO6. The maximum Gasteiger partial charge on any atom is 0.573 e. The number of fused-ring (bicyclic) bond motifs is 3. The van der Waals surface area contributed by atoms with Crippen molar-refractivity contribution in [2.24, 2.45) is 17.8 Å². The Hall–Kier alpha value is -3.69. The standard InChI is InChI=1S/C30H28F3NO6/c1-14-11-23(36)26-21(27(14)37)13-19-17(24(26)20-12-16(7-10-22(20)35)40-30(31,32)33)8-9-18-25(19)29(39)34(28(18)38)15-5-3-2-4-6-15/h7-8,10-12,15,18-19,24-25,35H,2-6,9,13H2,1H3/t18-,19+,24+,25-/m0/s1. The van der Waals surface area contributed by atoms with Gasteiger partial charge in [-0.05, 0) is 62.8 Å². The van der Waals surface area contributed by atoms with E-state index >= 15 is 0 Å². The second-order valence-corrected chi connectivity index (χ2v) is 11.3. The molecule has 0 bridgehead atoms. The fraction of sp³-hybridized carbons (Fsp3) is 0.467. The number of hydrogen-bond donors (Lipinski definition) is 1. The predicted molar refractivity (Wildman–Crippen MR) is 135 cm³/mol. The molecule has 1 aromatic carbocycles. The molecule has 1 aromatic rings. The summed E-state index contributed by atoms with van der Waals surface area (Å²) in [4.78, 5) is 55.5. The van der Waals surface area contributed by atoms with Gasteiger partial charge in [-0.1, -0.05) is 30.9 Å². The van der Waals surface area contributed by atoms with Crippen molar-refractivity contribution in [3.63, 3.8) is 0 Å². The molecule has 0 unspecified atom stereocenters. The largest absolute Gasteiger partial charge is 0.573 e. The van der Waals surface area contributed by atoms with E-state index in [4.69, 9.17) is 0 Å². The number of hydrogen-bond acceptors (Lipinski definition) is 6. The third kappa shape index (κ3) is 4.19. The lowest BCUT2D eigenvalue weighted by atomic mass is 9.59. The van der Waals surface area contributed by atoms with E-state index in [-0.39, 0.29) is 64.5 Å². The van der Waals surface area contributed by atoms with Crippen LogP contribution in [0.25, 0.3) is 0 Å². The minimum Gasteiger partial charge on any atom is -0.508 e. The molecule has 1 N–H and O–H groups in total. The summed E-state index contributed by atoms with van der Waals surface area (Å²) < 4.78 is 43.2. The summed E-state index contributed by atoms with van der Waals surface area (Å²) in [5.41, 5.74) is 1.00. The molecule has 7 nitrogen and oxygen atoms in total. The highest BCUT2D eigenvalue weighted by Gasteiger charge is 2.57. The fourth-order valence-electron chi connectivity index (χ4n) is 7.42. The molecule has 1 saturated heterocycles. The van der Waals surface area contributed by atoms with Gasteiger partial charge in [-0.25, -0.2) is 0 Å². The van der Waals surface area contributed by atoms with Crippen LogP contribution in [0.2, 0.25) is 0 Å². The summed E-state index contributed by atoms with van der Waals surface area (Å²) in [6, 6.07) is 2.87. The summed E-state index contributed by atoms with van der Waals surface area (Å²) in [5, 5.41) is 10.8. The molecule has 2 amide bonds. The lowest BCUT2D eigenvalue weighted by Gasteiger charge is -2.42. The van der Waals surface area contributed by atoms with Crippen LogP contribution in [0.1, 0.15) is 63.4 Å². The van der Waals surface area contributed by atoms with Gasteiger partial charge in [-0.2, -0.15) is 0 Å². The highest BCUT2D eigenvalue weighted by atomic mass is 19.4. The van der Waals surface area contributed by atoms with E-state index in [0.717, 1.165) is 50.3 Å². The van der Waals surface area contributed by atoms with E-state index in [1.54, 1.807) is 6.08 Å². The Labute approximate surface area is 228 Å². The Bertz CT molecular complexity index is 1430. The van der Waals surface area contributed by atoms with Gasteiger partial charge in [0.15, 0.2) is 11.6 Å². The first-order valence-corrected chi connectivity index (χ1v) is 13.6. The van der Waals surface area contributed by atoms with E-state index < -0.39 is 41.6 Å². The molecule has 1 saturated carbocycles. The number of allylic oxidation sites excluding steroid dienone is 6. The van der Waals surface area contributed by atoms with Gasteiger partial charge in [0.05, 0.1) is 11.8 Å². The molecule has 1 heterocycles. The number of carbonyl (C=O) groups is 4. The molecule has 40 heavy (non-hydrogen) atoms. The molecule has 0 spiro atoms. The highest BCUT2D eigenvalue weighted by molar-refractivity contribution is 6.23. The number of phenolic OH excluding ortho intramolecular Hbond substituents is 1. The number of aromatic hydroxyl groups is 1. The first-order valence-electron chi connectivity index (χ1n) is 13.6. The zero-order valence-electron chi connectivity index (χ0n) is 21.8. The number of nitrogens with zero attached hydrogens (tertiary/aromatic N) is 1. The number of rotatable bonds is 3. The molecule has 0 radical (unpaired) electrons. The number of likely N-dealkylation sites (tertiary alicyclic amines) is 1. The number of ether oxygens (including phenoxy) is 1. The minimum absolute atomic E-state index is 0.0290. The number of imide groups is 1. The smallest absolute Gasteiger partial charge is 0.508 e. The Morgan fingerprint density at radius 3 is 2.42 bits per heavy atom. The zero-order valence-corrected chi connectivity index (χ0v) is 21.8. The van der Waals surface area contributed by atoms with Crippen LogP contribution in [0.5, 0.6) is 11.5 Å². The van der Waals surface area contributed by atoms with Gasteiger partial charge >= 0.3 is 6.36 Å². The van der Waals surface area contributed by atoms with Crippen LogP contribution in [-0.4, -0.2) is 45.8 Å². The predicted octanol–water partition coefficient (Wildman–Crippen LogP) is 5.05. The van der Waals surface area contributed by atoms with Crippen LogP contribution in [0.3, 0.4) is 0 Å². The number of ketones is 2. The van der Waals surface area contributed by atoms with Gasteiger partial charge in [0.1, 0.15) is 11.5 Å². The molecule has 10 heteroatoms. The lowest BCUT2D eigenvalue weighted by Crippen LogP contribution is -2.43. The summed E-state index contributed by atoms with van der Waals surface area (Å²) in [6.07, 6.45) is 2.67. The van der Waals surface area contributed by atoms with Crippen molar-refractivity contribution < 1.29 is 42.2 Å². The van der Waals surface area contributed by atoms with Gasteiger partial charge in [-0.3, -0.25) is 24.1 Å². The molecule has 4 atom stereocenters. The quantitative estimate of drug-likeness (QED) is 0.318. The second-order valence-electron chi connectivity index (χ2n) is 11.3. The average Bonchev–Trinajstić information content (AvgIpc) is 3.16. The number of halogens is 3. The van der Waals surface area contributed by atoms with Crippen LogP contribution in [-0.2, 0) is 19.2 Å². The molecule has 6 rings (SSSR count). The topological polar surface area (TPSA) is 101 Å². The third-order valence-electron chi connectivity index (χ3n) is 9.08. The van der Waals surface area contributed by atoms with Crippen molar-refractivity contribution in [3.8, 4) is 11.5 Å². The highest BCUT2D eigenvalue weighted by Crippen LogP contribution is 2.56. The molecular weight excluding hydrogens is 527 g/mol. The Kier molecular flexibility index (Phi) is 6.27. The Morgan fingerprint density at radius 2 is 1.73 bits per heavy atom. The number of amides is 2. The fourth-order valence-corrected chi connectivity index (χ4v) is 7.42. The number of Topliss-reactive ketones (excluding diaryl/α,β-unsaturated/α-hetero) is 1. The summed E-state index contributed by atoms with van der Waals surface area (Å²) in [6.45, 7) is 1.51. The average molecular weight is 556 g/mol. The maximum absolute atomic E-state index is 13.9. The van der Waals surface area contributed by atoms with Crippen molar-refractivity contribution in [2.45, 2.75) is 70.2 Å². The van der Waals surface area contributed by atoms with Crippen molar-refractivity contribution in [1.29, 1.82) is 0 Å². The monoisotopic (exact) mass is 555 g/mol. The van der Waals surface area contributed by atoms with Crippen LogP contribution in [0.15, 0.2) is 52.6 Å². The van der Waals surface area contributed by atoms with Gasteiger partial charge < -0.3 is 9.84 Å². The lowest BCUT2D eigenvalue weighted by molar-refractivity contribution is -0.274. The van der Waals surface area contributed by atoms with E-state index in [2.05, 4.69) is 4.74 Å². The number of carbonyl (C=O) groups excluding carboxylic acids is 4. The molecule has 1 aliphatic heterocycles. The van der Waals surface area contributed by atoms with Crippen molar-refractivity contribution in [3.05, 3.63) is 58.2 Å². The Balaban J connectivity index is 1.47. The van der Waals surface area contributed by atoms with Crippen LogP contribution in [0, 0.1) is 17.8 Å². The molecule has 0 aromatic heterocycles. The van der Waals surface area contributed by atoms with Crippen molar-refractivity contribution >= 4 is 23.4 Å². The Morgan fingerprint density at radius 1 is 1.00 bits per heavy atom. The maximum atomic E-state index is 13.9.